The second-order valence-corrected chi connectivity index (χ2v) is 1.37. The molecule has 0 aromatic rings. The van der Waals surface area contributed by atoms with Crippen molar-refractivity contribution in [2.75, 3.05) is 0 Å². The van der Waals surface area contributed by atoms with Crippen LogP contribution in [-0.4, -0.2) is 16.3 Å². The molecule has 0 spiro atoms. The lowest BCUT2D eigenvalue weighted by molar-refractivity contribution is 1.08. The third-order valence-electron chi connectivity index (χ3n) is 0.289. The summed E-state index contributed by atoms with van der Waals surface area (Å²) in [5.74, 6) is 0. The van der Waals surface area contributed by atoms with Crippen molar-refractivity contribution in [3.8, 4) is 0 Å². The Morgan fingerprint density at radius 2 is 1.80 bits per heavy atom. The highest BCUT2D eigenvalue weighted by Crippen LogP contribution is 1.73. The molecule has 5 heavy (non-hydrogen) atoms. The van der Waals surface area contributed by atoms with Gasteiger partial charge in [0.05, 0.1) is 0 Å². The largest absolute Gasteiger partial charge is 0.118 e. The molecule has 0 amide bonds. The van der Waals surface area contributed by atoms with Gasteiger partial charge in [0.15, 0.2) is 0 Å². The van der Waals surface area contributed by atoms with E-state index in [0.29, 0.717) is 0 Å². The highest BCUT2D eigenvalue weighted by atomic mass is 127. The topological polar surface area (TPSA) is 0 Å². The molecular formula is C3H8AlI. The summed E-state index contributed by atoms with van der Waals surface area (Å²) >= 11 is 2.66. The molecule has 0 nitrogen and oxygen atoms in total. The molecule has 0 aromatic heterocycles. The van der Waals surface area contributed by atoms with Crippen molar-refractivity contribution in [2.24, 2.45) is 0 Å². The molecule has 0 rings (SSSR count). The normalized spacial score (nSPS) is 5.80. The predicted molar refractivity (Wildman–Crippen MR) is 36.3 cm³/mol. The summed E-state index contributed by atoms with van der Waals surface area (Å²) in [5.41, 5.74) is 0. The minimum absolute atomic E-state index is 0. The van der Waals surface area contributed by atoms with Crippen LogP contribution in [0.4, 0.5) is 0 Å². The van der Waals surface area contributed by atoms with Crippen molar-refractivity contribution in [1.29, 1.82) is 0 Å². The molecule has 0 atom stereocenters. The van der Waals surface area contributed by atoms with Crippen LogP contribution in [0.3, 0.4) is 0 Å². The third kappa shape index (κ3) is 10.9. The van der Waals surface area contributed by atoms with Crippen molar-refractivity contribution in [2.45, 2.75) is 18.6 Å². The second-order valence-electron chi connectivity index (χ2n) is 0.789. The zero-order valence-electron chi connectivity index (χ0n) is 3.40. The summed E-state index contributed by atoms with van der Waals surface area (Å²) < 4.78 is 0. The Balaban J connectivity index is 0. The molecule has 0 bridgehead atoms. The van der Waals surface area contributed by atoms with Gasteiger partial charge in [-0.1, -0.05) is 13.3 Å². The Morgan fingerprint density at radius 3 is 1.80 bits per heavy atom. The molecule has 0 aromatic carbocycles. The van der Waals surface area contributed by atoms with Crippen LogP contribution in [0.5, 0.6) is 0 Å². The molecule has 0 fully saturated rings. The Morgan fingerprint density at radius 1 is 1.60 bits per heavy atom. The van der Waals surface area contributed by atoms with Gasteiger partial charge in [-0.3, -0.25) is 0 Å². The lowest BCUT2D eigenvalue weighted by atomic mass is 10.6. The highest BCUT2D eigenvalue weighted by Gasteiger charge is 1.56. The summed E-state index contributed by atoms with van der Waals surface area (Å²) in [4.78, 5) is 0. The average Bonchev–Trinajstić information content (AvgIpc) is 1.37. The van der Waals surface area contributed by atoms with Crippen molar-refractivity contribution < 1.29 is 0 Å². The number of halogens is 1. The molecule has 0 heterocycles. The molecule has 0 aliphatic carbocycles. The van der Waals surface area contributed by atoms with Gasteiger partial charge in [0.2, 0.25) is 0 Å². The van der Waals surface area contributed by atoms with Crippen LogP contribution in [0.25, 0.3) is 0 Å². The summed E-state index contributed by atoms with van der Waals surface area (Å²) in [6.45, 7) is 2.16. The van der Waals surface area contributed by atoms with E-state index < -0.39 is 0 Å². The standard InChI is InChI=1S/C3H7.Al.HI/c1-3-2;;/h1,3H2,2H3;;1H. The SMILES string of the molecule is CC[CH2][Al].I. The van der Waals surface area contributed by atoms with Crippen molar-refractivity contribution in [3.63, 3.8) is 0 Å². The van der Waals surface area contributed by atoms with Gasteiger partial charge in [-0.05, 0) is 0 Å². The molecule has 0 saturated carbocycles. The maximum absolute atomic E-state index is 2.66. The van der Waals surface area contributed by atoms with E-state index in [9.17, 15) is 0 Å². The zero-order chi connectivity index (χ0) is 3.41. The number of hydrogen-bond donors (Lipinski definition) is 0. The summed E-state index contributed by atoms with van der Waals surface area (Å²) in [6, 6.07) is 0. The van der Waals surface area contributed by atoms with Crippen LogP contribution in [0.1, 0.15) is 13.3 Å². The first-order valence-corrected chi connectivity index (χ1v) is 2.43. The molecule has 30 valence electrons. The molecule has 0 unspecified atom stereocenters. The van der Waals surface area contributed by atoms with Crippen LogP contribution in [0.15, 0.2) is 0 Å². The average molecular weight is 198 g/mol. The van der Waals surface area contributed by atoms with E-state index in [-0.39, 0.29) is 24.0 Å². The van der Waals surface area contributed by atoms with E-state index in [1.54, 1.807) is 0 Å². The molecule has 0 saturated heterocycles. The molecule has 0 N–H and O–H groups in total. The van der Waals surface area contributed by atoms with E-state index in [1.165, 1.54) is 11.7 Å². The van der Waals surface area contributed by atoms with Crippen LogP contribution in [0.2, 0.25) is 5.28 Å². The fraction of sp³-hybridized carbons (Fsp3) is 1.00. The van der Waals surface area contributed by atoms with E-state index in [0.717, 1.165) is 0 Å². The maximum Gasteiger partial charge on any atom is 0.118 e. The van der Waals surface area contributed by atoms with E-state index in [4.69, 9.17) is 0 Å². The van der Waals surface area contributed by atoms with Gasteiger partial charge in [0.1, 0.15) is 16.3 Å². The minimum Gasteiger partial charge on any atom is -0.118 e. The first-order chi connectivity index (χ1) is 1.91. The van der Waals surface area contributed by atoms with Gasteiger partial charge < -0.3 is 0 Å². The zero-order valence-corrected chi connectivity index (χ0v) is 6.88. The summed E-state index contributed by atoms with van der Waals surface area (Å²) in [5, 5.41) is 1.24. The summed E-state index contributed by atoms with van der Waals surface area (Å²) in [7, 11) is 0. The predicted octanol–water partition coefficient (Wildman–Crippen LogP) is 1.60. The monoisotopic (exact) mass is 198 g/mol. The quantitative estimate of drug-likeness (QED) is 0.443. The maximum atomic E-state index is 2.66. The molecular weight excluding hydrogens is 190 g/mol. The Hall–Kier alpha value is 1.26. The molecule has 2 radical (unpaired) electrons. The van der Waals surface area contributed by atoms with Gasteiger partial charge in [-0.25, -0.2) is 0 Å². The van der Waals surface area contributed by atoms with Crippen molar-refractivity contribution in [1.82, 2.24) is 0 Å². The van der Waals surface area contributed by atoms with Gasteiger partial charge in [0.25, 0.3) is 0 Å². The minimum atomic E-state index is 0. The van der Waals surface area contributed by atoms with Gasteiger partial charge >= 0.3 is 0 Å². The van der Waals surface area contributed by atoms with E-state index in [1.807, 2.05) is 0 Å². The van der Waals surface area contributed by atoms with Crippen LogP contribution in [0, 0.1) is 0 Å². The van der Waals surface area contributed by atoms with Gasteiger partial charge in [-0.15, -0.1) is 29.3 Å². The lowest BCUT2D eigenvalue weighted by Crippen LogP contribution is -1.55. The Kier molecular flexibility index (Phi) is 17.1. The second kappa shape index (κ2) is 8.98. The first kappa shape index (κ1) is 9.55. The van der Waals surface area contributed by atoms with E-state index in [2.05, 4.69) is 23.2 Å². The van der Waals surface area contributed by atoms with Gasteiger partial charge in [-0.2, -0.15) is 0 Å². The number of hydrogen-bond acceptors (Lipinski definition) is 0. The van der Waals surface area contributed by atoms with Crippen molar-refractivity contribution >= 4 is 40.3 Å². The third-order valence-corrected chi connectivity index (χ3v) is 0.866. The fourth-order valence-corrected chi connectivity index (χ4v) is 0. The van der Waals surface area contributed by atoms with Crippen LogP contribution < -0.4 is 0 Å². The molecule has 0 aliphatic heterocycles. The summed E-state index contributed by atoms with van der Waals surface area (Å²) in [6.07, 6.45) is 1.28. The van der Waals surface area contributed by atoms with Crippen LogP contribution >= 0.6 is 24.0 Å². The fourth-order valence-electron chi connectivity index (χ4n) is 0. The van der Waals surface area contributed by atoms with Gasteiger partial charge in [0, 0.05) is 0 Å². The van der Waals surface area contributed by atoms with Crippen molar-refractivity contribution in [3.05, 3.63) is 0 Å². The smallest absolute Gasteiger partial charge is 0.118 e. The Labute approximate surface area is 58.8 Å². The number of rotatable bonds is 1. The lowest BCUT2D eigenvalue weighted by Gasteiger charge is -1.68. The Bertz CT molecular complexity index is 8.85. The van der Waals surface area contributed by atoms with Crippen LogP contribution in [-0.2, 0) is 0 Å². The highest BCUT2D eigenvalue weighted by molar-refractivity contribution is 14.0. The molecule has 2 heteroatoms. The first-order valence-electron chi connectivity index (χ1n) is 1.62. The molecule has 0 aliphatic rings. The van der Waals surface area contributed by atoms with E-state index >= 15 is 0 Å².